The van der Waals surface area contributed by atoms with Gasteiger partial charge in [-0.15, -0.1) is 0 Å². The number of hydrogen-bond donors (Lipinski definition) is 0. The number of ether oxygens (including phenoxy) is 1. The number of rotatable bonds is 6. The Balaban J connectivity index is 3.53. The molecule has 0 saturated carbocycles. The van der Waals surface area contributed by atoms with Crippen molar-refractivity contribution < 1.29 is 9.53 Å². The Labute approximate surface area is 92.9 Å². The summed E-state index contributed by atoms with van der Waals surface area (Å²) < 4.78 is 4.96. The smallest absolute Gasteiger partial charge is 0.327 e. The van der Waals surface area contributed by atoms with Gasteiger partial charge in [-0.25, -0.2) is 0 Å². The van der Waals surface area contributed by atoms with Crippen molar-refractivity contribution in [1.82, 2.24) is 0 Å². The molecule has 3 nitrogen and oxygen atoms in total. The molecule has 0 aromatic heterocycles. The second-order valence-corrected chi connectivity index (χ2v) is 4.86. The molecule has 0 aromatic carbocycles. The average Bonchev–Trinajstić information content (AvgIpc) is 2.11. The largest absolute Gasteiger partial charge is 0.464 e. The van der Waals surface area contributed by atoms with Crippen molar-refractivity contribution >= 4 is 12.2 Å². The summed E-state index contributed by atoms with van der Waals surface area (Å²) in [6.07, 6.45) is 4.66. The summed E-state index contributed by atoms with van der Waals surface area (Å²) in [5.74, 6) is -0.228. The van der Waals surface area contributed by atoms with Crippen molar-refractivity contribution in [3.05, 3.63) is 0 Å². The lowest BCUT2D eigenvalue weighted by atomic mass is 9.93. The van der Waals surface area contributed by atoms with Gasteiger partial charge >= 0.3 is 5.97 Å². The lowest BCUT2D eigenvalue weighted by Crippen LogP contribution is -2.10. The van der Waals surface area contributed by atoms with Gasteiger partial charge in [-0.1, -0.05) is 34.1 Å². The van der Waals surface area contributed by atoms with Crippen LogP contribution in [0.15, 0.2) is 4.99 Å². The quantitative estimate of drug-likeness (QED) is 0.386. The predicted molar refractivity (Wildman–Crippen MR) is 63.3 cm³/mol. The third-order valence-corrected chi connectivity index (χ3v) is 1.81. The van der Waals surface area contributed by atoms with Crippen LogP contribution in [0, 0.1) is 5.41 Å². The zero-order chi connectivity index (χ0) is 11.7. The number of esters is 1. The Morgan fingerprint density at radius 3 is 2.60 bits per heavy atom. The molecule has 0 aliphatic carbocycles. The van der Waals surface area contributed by atoms with E-state index in [0.717, 1.165) is 19.3 Å². The van der Waals surface area contributed by atoms with E-state index in [1.54, 1.807) is 6.21 Å². The molecule has 0 radical (unpaired) electrons. The first kappa shape index (κ1) is 14.1. The number of hydrogen-bond acceptors (Lipinski definition) is 3. The van der Waals surface area contributed by atoms with Crippen molar-refractivity contribution in [2.45, 2.75) is 47.0 Å². The standard InChI is InChI=1S/C12H23NO2/c1-5-6-9-15-11(14)10-13-8-7-12(2,3)4/h8H,5-7,9-10H2,1-4H3/b13-8+. The van der Waals surface area contributed by atoms with E-state index < -0.39 is 0 Å². The van der Waals surface area contributed by atoms with E-state index in [1.807, 2.05) is 0 Å². The van der Waals surface area contributed by atoms with Gasteiger partial charge in [-0.3, -0.25) is 9.79 Å². The summed E-state index contributed by atoms with van der Waals surface area (Å²) in [4.78, 5) is 15.1. The highest BCUT2D eigenvalue weighted by Crippen LogP contribution is 2.15. The summed E-state index contributed by atoms with van der Waals surface area (Å²) in [5, 5.41) is 0. The Morgan fingerprint density at radius 1 is 1.40 bits per heavy atom. The molecule has 88 valence electrons. The first-order valence-corrected chi connectivity index (χ1v) is 5.59. The molecule has 0 aromatic rings. The lowest BCUT2D eigenvalue weighted by Gasteiger charge is -2.13. The molecule has 0 atom stereocenters. The van der Waals surface area contributed by atoms with Crippen molar-refractivity contribution in [1.29, 1.82) is 0 Å². The van der Waals surface area contributed by atoms with Crippen molar-refractivity contribution in [3.63, 3.8) is 0 Å². The molecule has 0 aliphatic rings. The normalized spacial score (nSPS) is 12.0. The molecule has 0 heterocycles. The van der Waals surface area contributed by atoms with Crippen LogP contribution in [0.2, 0.25) is 0 Å². The molecule has 0 aliphatic heterocycles. The Morgan fingerprint density at radius 2 is 2.07 bits per heavy atom. The van der Waals surface area contributed by atoms with E-state index >= 15 is 0 Å². The highest BCUT2D eigenvalue weighted by Gasteiger charge is 2.07. The number of aliphatic imine (C=N–C) groups is 1. The van der Waals surface area contributed by atoms with Crippen molar-refractivity contribution in [2.24, 2.45) is 10.4 Å². The van der Waals surface area contributed by atoms with E-state index in [0.29, 0.717) is 6.61 Å². The highest BCUT2D eigenvalue weighted by atomic mass is 16.5. The molecular weight excluding hydrogens is 190 g/mol. The van der Waals surface area contributed by atoms with E-state index in [2.05, 4.69) is 32.7 Å². The Kier molecular flexibility index (Phi) is 7.01. The molecule has 0 N–H and O–H groups in total. The Bertz CT molecular complexity index is 204. The maximum Gasteiger partial charge on any atom is 0.327 e. The maximum absolute atomic E-state index is 11.1. The first-order valence-electron chi connectivity index (χ1n) is 5.59. The third kappa shape index (κ3) is 11.1. The van der Waals surface area contributed by atoms with Gasteiger partial charge < -0.3 is 4.74 Å². The summed E-state index contributed by atoms with van der Waals surface area (Å²) >= 11 is 0. The molecule has 3 heteroatoms. The van der Waals surface area contributed by atoms with Crippen LogP contribution in [-0.4, -0.2) is 25.3 Å². The van der Waals surface area contributed by atoms with E-state index in [4.69, 9.17) is 4.74 Å². The fraction of sp³-hybridized carbons (Fsp3) is 0.833. The first-order chi connectivity index (χ1) is 6.95. The summed E-state index contributed by atoms with van der Waals surface area (Å²) in [5.41, 5.74) is 0.232. The minimum absolute atomic E-state index is 0.153. The van der Waals surface area contributed by atoms with Crippen LogP contribution in [0.3, 0.4) is 0 Å². The van der Waals surface area contributed by atoms with Gasteiger partial charge in [0.25, 0.3) is 0 Å². The minimum atomic E-state index is -0.228. The summed E-state index contributed by atoms with van der Waals surface area (Å²) in [6.45, 7) is 9.15. The maximum atomic E-state index is 11.1. The SMILES string of the molecule is CCCCOC(=O)C/N=C/CC(C)(C)C. The van der Waals surface area contributed by atoms with Crippen LogP contribution in [0.4, 0.5) is 0 Å². The van der Waals surface area contributed by atoms with Crippen molar-refractivity contribution in [2.75, 3.05) is 13.2 Å². The van der Waals surface area contributed by atoms with Gasteiger partial charge in [0.15, 0.2) is 0 Å². The van der Waals surface area contributed by atoms with Gasteiger partial charge in [0, 0.05) is 0 Å². The second kappa shape index (κ2) is 7.43. The van der Waals surface area contributed by atoms with Gasteiger partial charge in [-0.05, 0) is 24.5 Å². The second-order valence-electron chi connectivity index (χ2n) is 4.86. The van der Waals surface area contributed by atoms with Crippen LogP contribution in [0.1, 0.15) is 47.0 Å². The molecular formula is C12H23NO2. The highest BCUT2D eigenvalue weighted by molar-refractivity contribution is 5.74. The molecule has 0 rings (SSSR count). The number of nitrogens with zero attached hydrogens (tertiary/aromatic N) is 1. The summed E-state index contributed by atoms with van der Waals surface area (Å²) in [6, 6.07) is 0. The Hall–Kier alpha value is -0.860. The molecule has 0 saturated heterocycles. The average molecular weight is 213 g/mol. The fourth-order valence-electron chi connectivity index (χ4n) is 0.853. The van der Waals surface area contributed by atoms with Crippen LogP contribution in [-0.2, 0) is 9.53 Å². The lowest BCUT2D eigenvalue weighted by molar-refractivity contribution is -0.141. The van der Waals surface area contributed by atoms with Crippen LogP contribution in [0.5, 0.6) is 0 Å². The number of carbonyl (C=O) groups excluding carboxylic acids is 1. The minimum Gasteiger partial charge on any atom is -0.464 e. The number of unbranched alkanes of at least 4 members (excludes halogenated alkanes) is 1. The number of carbonyl (C=O) groups is 1. The summed E-state index contributed by atoms with van der Waals surface area (Å²) in [7, 11) is 0. The molecule has 0 amide bonds. The zero-order valence-electron chi connectivity index (χ0n) is 10.4. The van der Waals surface area contributed by atoms with Gasteiger partial charge in [0.05, 0.1) is 6.61 Å². The van der Waals surface area contributed by atoms with Crippen molar-refractivity contribution in [3.8, 4) is 0 Å². The van der Waals surface area contributed by atoms with Gasteiger partial charge in [-0.2, -0.15) is 0 Å². The molecule has 15 heavy (non-hydrogen) atoms. The molecule has 0 spiro atoms. The van der Waals surface area contributed by atoms with Crippen LogP contribution in [0.25, 0.3) is 0 Å². The molecule has 0 unspecified atom stereocenters. The third-order valence-electron chi connectivity index (χ3n) is 1.81. The van der Waals surface area contributed by atoms with E-state index in [9.17, 15) is 4.79 Å². The monoisotopic (exact) mass is 213 g/mol. The van der Waals surface area contributed by atoms with E-state index in [-0.39, 0.29) is 17.9 Å². The van der Waals surface area contributed by atoms with Crippen LogP contribution >= 0.6 is 0 Å². The molecule has 0 bridgehead atoms. The molecule has 0 fully saturated rings. The zero-order valence-corrected chi connectivity index (χ0v) is 10.4. The van der Waals surface area contributed by atoms with E-state index in [1.165, 1.54) is 0 Å². The van der Waals surface area contributed by atoms with Crippen LogP contribution < -0.4 is 0 Å². The topological polar surface area (TPSA) is 38.7 Å². The van der Waals surface area contributed by atoms with Gasteiger partial charge in [0.1, 0.15) is 6.54 Å². The fourth-order valence-corrected chi connectivity index (χ4v) is 0.853. The predicted octanol–water partition coefficient (Wildman–Crippen LogP) is 2.84. The van der Waals surface area contributed by atoms with Gasteiger partial charge in [0.2, 0.25) is 0 Å².